The summed E-state index contributed by atoms with van der Waals surface area (Å²) in [5.41, 5.74) is -0.0103. The fourth-order valence-electron chi connectivity index (χ4n) is 1.51. The molecule has 0 spiro atoms. The Kier molecular flexibility index (Phi) is 5.07. The average molecular weight is 242 g/mol. The Morgan fingerprint density at radius 3 is 2.53 bits per heavy atom. The van der Waals surface area contributed by atoms with Crippen molar-refractivity contribution < 1.29 is 18.3 Å². The normalized spacial score (nSPS) is 11.2. The van der Waals surface area contributed by atoms with Crippen LogP contribution in [-0.2, 0) is 15.5 Å². The lowest BCUT2D eigenvalue weighted by Gasteiger charge is -2.16. The second-order valence-electron chi connectivity index (χ2n) is 3.73. The zero-order valence-electron chi connectivity index (χ0n) is 9.79. The molecule has 0 fully saturated rings. The third kappa shape index (κ3) is 4.51. The van der Waals surface area contributed by atoms with Gasteiger partial charge in [0, 0.05) is 18.4 Å². The molecule has 0 radical (unpaired) electrons. The zero-order valence-corrected chi connectivity index (χ0v) is 9.79. The van der Waals surface area contributed by atoms with Crippen molar-refractivity contribution in [3.05, 3.63) is 35.9 Å². The molecular weight excluding hydrogens is 226 g/mol. The van der Waals surface area contributed by atoms with Crippen LogP contribution in [0.4, 0.5) is 8.78 Å². The van der Waals surface area contributed by atoms with Crippen LogP contribution in [0, 0.1) is 0 Å². The molecule has 2 nitrogen and oxygen atoms in total. The monoisotopic (exact) mass is 242 g/mol. The highest BCUT2D eigenvalue weighted by Crippen LogP contribution is 2.32. The molecule has 0 atom stereocenters. The Bertz CT molecular complexity index is 350. The maximum atomic E-state index is 13.6. The van der Waals surface area contributed by atoms with Gasteiger partial charge >= 0.3 is 5.97 Å². The van der Waals surface area contributed by atoms with Gasteiger partial charge in [-0.25, -0.2) is 8.78 Å². The van der Waals surface area contributed by atoms with Crippen LogP contribution in [0.5, 0.6) is 0 Å². The number of carbonyl (C=O) groups is 1. The Hall–Kier alpha value is -1.45. The van der Waals surface area contributed by atoms with Crippen LogP contribution in [0.1, 0.15) is 31.7 Å². The van der Waals surface area contributed by atoms with Crippen LogP contribution in [0.25, 0.3) is 0 Å². The first kappa shape index (κ1) is 13.6. The molecule has 0 bridgehead atoms. The highest BCUT2D eigenvalue weighted by molar-refractivity contribution is 5.69. The molecule has 94 valence electrons. The molecule has 0 aliphatic carbocycles. The lowest BCUT2D eigenvalue weighted by molar-refractivity contribution is -0.143. The molecular formula is C13H16F2O2. The smallest absolute Gasteiger partial charge is 0.305 e. The second-order valence-corrected chi connectivity index (χ2v) is 3.73. The van der Waals surface area contributed by atoms with Crippen molar-refractivity contribution in [2.24, 2.45) is 0 Å². The van der Waals surface area contributed by atoms with Crippen LogP contribution in [0.2, 0.25) is 0 Å². The van der Waals surface area contributed by atoms with Gasteiger partial charge in [0.25, 0.3) is 5.92 Å². The summed E-state index contributed by atoms with van der Waals surface area (Å²) in [4.78, 5) is 11.0. The molecule has 0 aliphatic rings. The highest BCUT2D eigenvalue weighted by Gasteiger charge is 2.30. The van der Waals surface area contributed by atoms with Crippen LogP contribution in [-0.4, -0.2) is 12.6 Å². The zero-order chi connectivity index (χ0) is 12.7. The van der Waals surface area contributed by atoms with Gasteiger partial charge in [-0.05, 0) is 13.3 Å². The first-order chi connectivity index (χ1) is 8.06. The van der Waals surface area contributed by atoms with E-state index >= 15 is 0 Å². The van der Waals surface area contributed by atoms with E-state index < -0.39 is 11.9 Å². The molecule has 17 heavy (non-hydrogen) atoms. The predicted molar refractivity (Wildman–Crippen MR) is 60.8 cm³/mol. The van der Waals surface area contributed by atoms with E-state index in [0.29, 0.717) is 0 Å². The summed E-state index contributed by atoms with van der Waals surface area (Å²) in [6.45, 7) is 1.98. The summed E-state index contributed by atoms with van der Waals surface area (Å²) in [6, 6.07) is 7.64. The van der Waals surface area contributed by atoms with Crippen molar-refractivity contribution in [3.63, 3.8) is 0 Å². The van der Waals surface area contributed by atoms with Gasteiger partial charge in [0.15, 0.2) is 0 Å². The largest absolute Gasteiger partial charge is 0.466 e. The van der Waals surface area contributed by atoms with E-state index in [1.54, 1.807) is 25.1 Å². The SMILES string of the molecule is CCOC(=O)CCCC(F)(F)c1ccccc1. The van der Waals surface area contributed by atoms with Gasteiger partial charge in [0.05, 0.1) is 6.61 Å². The van der Waals surface area contributed by atoms with Gasteiger partial charge in [0.1, 0.15) is 0 Å². The third-order valence-corrected chi connectivity index (χ3v) is 2.37. The molecule has 0 heterocycles. The fraction of sp³-hybridized carbons (Fsp3) is 0.462. The van der Waals surface area contributed by atoms with E-state index in [9.17, 15) is 13.6 Å². The summed E-state index contributed by atoms with van der Waals surface area (Å²) in [5, 5.41) is 0. The molecule has 0 unspecified atom stereocenters. The van der Waals surface area contributed by atoms with E-state index in [-0.39, 0.29) is 31.4 Å². The van der Waals surface area contributed by atoms with Gasteiger partial charge < -0.3 is 4.74 Å². The molecule has 1 aromatic carbocycles. The summed E-state index contributed by atoms with van der Waals surface area (Å²) < 4.78 is 32.0. The second kappa shape index (κ2) is 6.33. The molecule has 4 heteroatoms. The lowest BCUT2D eigenvalue weighted by atomic mass is 10.0. The number of hydrogen-bond acceptors (Lipinski definition) is 2. The highest BCUT2D eigenvalue weighted by atomic mass is 19.3. The molecule has 0 saturated carbocycles. The van der Waals surface area contributed by atoms with Crippen molar-refractivity contribution in [1.82, 2.24) is 0 Å². The quantitative estimate of drug-likeness (QED) is 0.713. The van der Waals surface area contributed by atoms with Crippen molar-refractivity contribution in [1.29, 1.82) is 0 Å². The minimum atomic E-state index is -2.88. The van der Waals surface area contributed by atoms with Crippen molar-refractivity contribution >= 4 is 5.97 Å². The van der Waals surface area contributed by atoms with Gasteiger partial charge in [-0.15, -0.1) is 0 Å². The summed E-state index contributed by atoms with van der Waals surface area (Å²) in [6.07, 6.45) is -0.174. The van der Waals surface area contributed by atoms with E-state index in [1.807, 2.05) is 0 Å². The summed E-state index contributed by atoms with van der Waals surface area (Å²) in [7, 11) is 0. The predicted octanol–water partition coefficient (Wildman–Crippen LogP) is 3.51. The van der Waals surface area contributed by atoms with Crippen molar-refractivity contribution in [2.45, 2.75) is 32.1 Å². The molecule has 0 N–H and O–H groups in total. The number of ether oxygens (including phenoxy) is 1. The number of alkyl halides is 2. The molecule has 0 aromatic heterocycles. The first-order valence-corrected chi connectivity index (χ1v) is 5.65. The van der Waals surface area contributed by atoms with Crippen LogP contribution in [0.3, 0.4) is 0 Å². The fourth-order valence-corrected chi connectivity index (χ4v) is 1.51. The molecule has 1 rings (SSSR count). The number of halogens is 2. The van der Waals surface area contributed by atoms with Crippen LogP contribution < -0.4 is 0 Å². The average Bonchev–Trinajstić information content (AvgIpc) is 2.30. The molecule has 1 aromatic rings. The molecule has 0 aliphatic heterocycles. The maximum absolute atomic E-state index is 13.6. The Labute approximate surface area is 99.6 Å². The van der Waals surface area contributed by atoms with Gasteiger partial charge in [0.2, 0.25) is 0 Å². The van der Waals surface area contributed by atoms with E-state index in [0.717, 1.165) is 0 Å². The van der Waals surface area contributed by atoms with Gasteiger partial charge in [-0.1, -0.05) is 30.3 Å². The maximum Gasteiger partial charge on any atom is 0.305 e. The standard InChI is InChI=1S/C13H16F2O2/c1-2-17-12(16)9-6-10-13(14,15)11-7-4-3-5-8-11/h3-5,7-8H,2,6,9-10H2,1H3. The van der Waals surface area contributed by atoms with Crippen molar-refractivity contribution in [2.75, 3.05) is 6.61 Å². The Balaban J connectivity index is 2.43. The number of rotatable bonds is 6. The van der Waals surface area contributed by atoms with E-state index in [4.69, 9.17) is 0 Å². The topological polar surface area (TPSA) is 26.3 Å². The number of esters is 1. The Morgan fingerprint density at radius 1 is 1.29 bits per heavy atom. The van der Waals surface area contributed by atoms with E-state index in [1.165, 1.54) is 12.1 Å². The minimum Gasteiger partial charge on any atom is -0.466 e. The number of carbonyl (C=O) groups excluding carboxylic acids is 1. The van der Waals surface area contributed by atoms with Gasteiger partial charge in [-0.2, -0.15) is 0 Å². The van der Waals surface area contributed by atoms with Crippen LogP contribution >= 0.6 is 0 Å². The number of benzene rings is 1. The Morgan fingerprint density at radius 2 is 1.94 bits per heavy atom. The van der Waals surface area contributed by atoms with Crippen LogP contribution in [0.15, 0.2) is 30.3 Å². The first-order valence-electron chi connectivity index (χ1n) is 5.65. The summed E-state index contributed by atoms with van der Waals surface area (Å²) in [5.74, 6) is -3.30. The third-order valence-electron chi connectivity index (χ3n) is 2.37. The lowest BCUT2D eigenvalue weighted by Crippen LogP contribution is -2.14. The van der Waals surface area contributed by atoms with Crippen molar-refractivity contribution in [3.8, 4) is 0 Å². The molecule has 0 amide bonds. The molecule has 0 saturated heterocycles. The summed E-state index contributed by atoms with van der Waals surface area (Å²) >= 11 is 0. The number of hydrogen-bond donors (Lipinski definition) is 0. The van der Waals surface area contributed by atoms with E-state index in [2.05, 4.69) is 4.74 Å². The minimum absolute atomic E-state index is 0.0103. The van der Waals surface area contributed by atoms with Gasteiger partial charge in [-0.3, -0.25) is 4.79 Å².